The molecule has 0 atom stereocenters. The molecule has 0 saturated carbocycles. The Balaban J connectivity index is 1.80. The molecule has 0 radical (unpaired) electrons. The maximum absolute atomic E-state index is 6.30. The average Bonchev–Trinajstić information content (AvgIpc) is 2.50. The Kier molecular flexibility index (Phi) is 4.94. The predicted octanol–water partition coefficient (Wildman–Crippen LogP) is 3.57. The summed E-state index contributed by atoms with van der Waals surface area (Å²) >= 11 is 6.10. The standard InChI is InChI=1S/C18H26ClN7/c1-17(2)8-11(9-18(3,4)26-17)24-15-13(20)16(23-10-22-15)25-12-6-5-7-21-14(12)19/h5-7,10-11,26H,8-9,20H2,1-4H3,(H2,22,23,24,25). The van der Waals surface area contributed by atoms with Crippen LogP contribution in [0, 0.1) is 0 Å². The topological polar surface area (TPSA) is 101 Å². The molecule has 0 amide bonds. The second-order valence-corrected chi connectivity index (χ2v) is 8.45. The van der Waals surface area contributed by atoms with Gasteiger partial charge in [0.1, 0.15) is 12.0 Å². The number of hydrogen-bond donors (Lipinski definition) is 4. The second-order valence-electron chi connectivity index (χ2n) is 8.09. The van der Waals surface area contributed by atoms with Gasteiger partial charge in [-0.05, 0) is 52.7 Å². The molecule has 0 aromatic carbocycles. The van der Waals surface area contributed by atoms with Crippen LogP contribution < -0.4 is 21.7 Å². The number of hydrogen-bond acceptors (Lipinski definition) is 7. The van der Waals surface area contributed by atoms with E-state index >= 15 is 0 Å². The van der Waals surface area contributed by atoms with Crippen LogP contribution in [-0.4, -0.2) is 32.1 Å². The zero-order chi connectivity index (χ0) is 18.9. The van der Waals surface area contributed by atoms with Gasteiger partial charge in [0.25, 0.3) is 0 Å². The van der Waals surface area contributed by atoms with Gasteiger partial charge >= 0.3 is 0 Å². The van der Waals surface area contributed by atoms with E-state index in [4.69, 9.17) is 17.3 Å². The maximum atomic E-state index is 6.30. The lowest BCUT2D eigenvalue weighted by Crippen LogP contribution is -2.60. The third-order valence-electron chi connectivity index (χ3n) is 4.43. The molecular formula is C18H26ClN7. The maximum Gasteiger partial charge on any atom is 0.159 e. The highest BCUT2D eigenvalue weighted by Crippen LogP contribution is 2.33. The SMILES string of the molecule is CC1(C)CC(Nc2ncnc(Nc3cccnc3Cl)c2N)CC(C)(C)N1. The first-order valence-electron chi connectivity index (χ1n) is 8.69. The highest BCUT2D eigenvalue weighted by molar-refractivity contribution is 6.32. The van der Waals surface area contributed by atoms with E-state index < -0.39 is 0 Å². The number of pyridine rings is 1. The van der Waals surface area contributed by atoms with E-state index in [1.54, 1.807) is 12.3 Å². The Morgan fingerprint density at radius 3 is 2.42 bits per heavy atom. The zero-order valence-electron chi connectivity index (χ0n) is 15.6. The molecule has 0 aliphatic carbocycles. The number of nitrogen functional groups attached to an aromatic ring is 1. The third-order valence-corrected chi connectivity index (χ3v) is 4.73. The molecule has 0 unspecified atom stereocenters. The Hall–Kier alpha value is -2.12. The van der Waals surface area contributed by atoms with E-state index in [9.17, 15) is 0 Å². The van der Waals surface area contributed by atoms with Gasteiger partial charge in [-0.3, -0.25) is 0 Å². The summed E-state index contributed by atoms with van der Waals surface area (Å²) in [7, 11) is 0. The van der Waals surface area contributed by atoms with E-state index in [0.29, 0.717) is 28.2 Å². The van der Waals surface area contributed by atoms with E-state index in [0.717, 1.165) is 12.8 Å². The number of anilines is 4. The number of nitrogens with one attached hydrogen (secondary N) is 3. The average molecular weight is 376 g/mol. The van der Waals surface area contributed by atoms with Gasteiger partial charge in [-0.15, -0.1) is 0 Å². The summed E-state index contributed by atoms with van der Waals surface area (Å²) in [5.41, 5.74) is 7.48. The molecule has 1 saturated heterocycles. The van der Waals surface area contributed by atoms with E-state index in [1.807, 2.05) is 6.07 Å². The van der Waals surface area contributed by atoms with Crippen LogP contribution in [0.15, 0.2) is 24.7 Å². The lowest BCUT2D eigenvalue weighted by Gasteiger charge is -2.46. The summed E-state index contributed by atoms with van der Waals surface area (Å²) in [5, 5.41) is 10.7. The van der Waals surface area contributed by atoms with Crippen LogP contribution in [0.2, 0.25) is 5.15 Å². The van der Waals surface area contributed by atoms with Crippen LogP contribution in [0.1, 0.15) is 40.5 Å². The molecule has 1 aliphatic heterocycles. The zero-order valence-corrected chi connectivity index (χ0v) is 16.4. The number of rotatable bonds is 4. The van der Waals surface area contributed by atoms with Gasteiger partial charge in [0.2, 0.25) is 0 Å². The summed E-state index contributed by atoms with van der Waals surface area (Å²) < 4.78 is 0. The van der Waals surface area contributed by atoms with Crippen molar-refractivity contribution in [1.29, 1.82) is 0 Å². The molecule has 0 spiro atoms. The van der Waals surface area contributed by atoms with Gasteiger partial charge in [-0.2, -0.15) is 0 Å². The molecule has 5 N–H and O–H groups in total. The first-order chi connectivity index (χ1) is 12.2. The molecule has 8 heteroatoms. The Labute approximate surface area is 159 Å². The molecule has 26 heavy (non-hydrogen) atoms. The van der Waals surface area contributed by atoms with Gasteiger partial charge in [-0.25, -0.2) is 15.0 Å². The summed E-state index contributed by atoms with van der Waals surface area (Å²) in [5.74, 6) is 1.13. The quantitative estimate of drug-likeness (QED) is 0.606. The number of aromatic nitrogens is 3. The van der Waals surface area contributed by atoms with E-state index in [1.165, 1.54) is 6.33 Å². The highest BCUT2D eigenvalue weighted by atomic mass is 35.5. The Morgan fingerprint density at radius 2 is 1.77 bits per heavy atom. The van der Waals surface area contributed by atoms with Crippen molar-refractivity contribution in [3.05, 3.63) is 29.8 Å². The molecule has 1 aliphatic rings. The van der Waals surface area contributed by atoms with Gasteiger partial charge in [0.15, 0.2) is 16.8 Å². The monoisotopic (exact) mass is 375 g/mol. The normalized spacial score (nSPS) is 19.1. The Bertz CT molecular complexity index is 775. The largest absolute Gasteiger partial charge is 0.393 e. The van der Waals surface area contributed by atoms with Crippen LogP contribution in [0.4, 0.5) is 23.0 Å². The smallest absolute Gasteiger partial charge is 0.159 e. The molecule has 2 aromatic rings. The van der Waals surface area contributed by atoms with Gasteiger partial charge in [-0.1, -0.05) is 11.6 Å². The fourth-order valence-corrected chi connectivity index (χ4v) is 4.00. The molecule has 0 bridgehead atoms. The summed E-state index contributed by atoms with van der Waals surface area (Å²) in [6.45, 7) is 8.85. The summed E-state index contributed by atoms with van der Waals surface area (Å²) in [6.07, 6.45) is 5.06. The first kappa shape index (κ1) is 18.7. The van der Waals surface area contributed by atoms with Crippen LogP contribution >= 0.6 is 11.6 Å². The minimum absolute atomic E-state index is 0.0333. The van der Waals surface area contributed by atoms with Crippen LogP contribution in [0.3, 0.4) is 0 Å². The third kappa shape index (κ3) is 4.34. The number of nitrogens with two attached hydrogens (primary N) is 1. The number of halogens is 1. The van der Waals surface area contributed by atoms with Crippen molar-refractivity contribution in [1.82, 2.24) is 20.3 Å². The predicted molar refractivity (Wildman–Crippen MR) is 107 cm³/mol. The van der Waals surface area contributed by atoms with Crippen LogP contribution in [0.5, 0.6) is 0 Å². The minimum Gasteiger partial charge on any atom is -0.393 e. The van der Waals surface area contributed by atoms with E-state index in [2.05, 4.69) is 58.6 Å². The Morgan fingerprint density at radius 1 is 1.12 bits per heavy atom. The van der Waals surface area contributed by atoms with E-state index in [-0.39, 0.29) is 17.1 Å². The highest BCUT2D eigenvalue weighted by Gasteiger charge is 2.37. The van der Waals surface area contributed by atoms with Crippen molar-refractivity contribution in [2.45, 2.75) is 57.7 Å². The van der Waals surface area contributed by atoms with Crippen molar-refractivity contribution < 1.29 is 0 Å². The molecule has 1 fully saturated rings. The van der Waals surface area contributed by atoms with Crippen LogP contribution in [0.25, 0.3) is 0 Å². The fourth-order valence-electron chi connectivity index (χ4n) is 3.83. The number of nitrogens with zero attached hydrogens (tertiary/aromatic N) is 3. The van der Waals surface area contributed by atoms with Crippen molar-refractivity contribution >= 4 is 34.6 Å². The number of piperidine rings is 1. The lowest BCUT2D eigenvalue weighted by molar-refractivity contribution is 0.170. The van der Waals surface area contributed by atoms with Crippen molar-refractivity contribution in [3.63, 3.8) is 0 Å². The minimum atomic E-state index is 0.0333. The lowest BCUT2D eigenvalue weighted by atomic mass is 9.79. The first-order valence-corrected chi connectivity index (χ1v) is 9.07. The molecule has 3 rings (SSSR count). The molecule has 2 aromatic heterocycles. The molecular weight excluding hydrogens is 350 g/mol. The summed E-state index contributed by atoms with van der Waals surface area (Å²) in [6, 6.07) is 3.87. The van der Waals surface area contributed by atoms with Gasteiger partial charge in [0.05, 0.1) is 5.69 Å². The molecule has 3 heterocycles. The van der Waals surface area contributed by atoms with Crippen molar-refractivity contribution in [3.8, 4) is 0 Å². The summed E-state index contributed by atoms with van der Waals surface area (Å²) in [4.78, 5) is 12.6. The molecule has 140 valence electrons. The fraction of sp³-hybridized carbons (Fsp3) is 0.500. The van der Waals surface area contributed by atoms with Crippen LogP contribution in [-0.2, 0) is 0 Å². The van der Waals surface area contributed by atoms with Crippen molar-refractivity contribution in [2.24, 2.45) is 0 Å². The van der Waals surface area contributed by atoms with Gasteiger partial charge < -0.3 is 21.7 Å². The van der Waals surface area contributed by atoms with Gasteiger partial charge in [0, 0.05) is 23.3 Å². The van der Waals surface area contributed by atoms with Crippen molar-refractivity contribution in [2.75, 3.05) is 16.4 Å². The second kappa shape index (κ2) is 6.89. The molecule has 7 nitrogen and oxygen atoms in total.